The van der Waals surface area contributed by atoms with Crippen LogP contribution in [0.25, 0.3) is 0 Å². The summed E-state index contributed by atoms with van der Waals surface area (Å²) < 4.78 is 0. The van der Waals surface area contributed by atoms with E-state index in [0.29, 0.717) is 13.1 Å². The van der Waals surface area contributed by atoms with Gasteiger partial charge in [-0.15, -0.1) is 0 Å². The lowest BCUT2D eigenvalue weighted by Gasteiger charge is -2.20. The summed E-state index contributed by atoms with van der Waals surface area (Å²) in [4.78, 5) is 0. The van der Waals surface area contributed by atoms with Crippen molar-refractivity contribution in [2.24, 2.45) is 0 Å². The van der Waals surface area contributed by atoms with E-state index >= 15 is 0 Å². The Kier molecular flexibility index (Phi) is 5.88. The first-order chi connectivity index (χ1) is 9.99. The van der Waals surface area contributed by atoms with Gasteiger partial charge in [0.15, 0.2) is 0 Å². The lowest BCUT2D eigenvalue weighted by Crippen LogP contribution is -2.48. The third-order valence-electron chi connectivity index (χ3n) is 4.33. The molecule has 8 atom stereocenters. The minimum atomic E-state index is -1.02. The van der Waals surface area contributed by atoms with Crippen LogP contribution in [-0.2, 0) is 0 Å². The Labute approximate surface area is 122 Å². The van der Waals surface area contributed by atoms with E-state index < -0.39 is 48.6 Å². The van der Waals surface area contributed by atoms with Gasteiger partial charge in [-0.25, -0.2) is 0 Å². The molecule has 0 aromatic carbocycles. The highest BCUT2D eigenvalue weighted by atomic mass is 16.3. The number of rotatable bonds is 6. The number of hydrogen-bond acceptors (Lipinski definition) is 9. The van der Waals surface area contributed by atoms with E-state index in [1.54, 1.807) is 0 Å². The van der Waals surface area contributed by atoms with Crippen LogP contribution < -0.4 is 16.0 Å². The summed E-state index contributed by atoms with van der Waals surface area (Å²) in [5, 5.41) is 65.9. The van der Waals surface area contributed by atoms with Crippen molar-refractivity contribution in [2.45, 2.75) is 48.6 Å². The largest absolute Gasteiger partial charge is 0.395 e. The van der Waals surface area contributed by atoms with Crippen LogP contribution in [0.3, 0.4) is 0 Å². The summed E-state index contributed by atoms with van der Waals surface area (Å²) >= 11 is 0. The summed E-state index contributed by atoms with van der Waals surface area (Å²) in [6, 6.07) is -1.92. The Morgan fingerprint density at radius 2 is 0.952 bits per heavy atom. The van der Waals surface area contributed by atoms with Crippen molar-refractivity contribution in [1.29, 1.82) is 0 Å². The van der Waals surface area contributed by atoms with Crippen molar-refractivity contribution in [2.75, 3.05) is 26.3 Å². The fourth-order valence-corrected chi connectivity index (χ4v) is 2.97. The minimum absolute atomic E-state index is 0.262. The van der Waals surface area contributed by atoms with Gasteiger partial charge in [0.25, 0.3) is 0 Å². The fraction of sp³-hybridized carbons (Fsp3) is 1.00. The molecule has 0 aromatic heterocycles. The van der Waals surface area contributed by atoms with Crippen LogP contribution in [0.2, 0.25) is 0 Å². The van der Waals surface area contributed by atoms with E-state index in [4.69, 9.17) is 10.2 Å². The fourth-order valence-electron chi connectivity index (χ4n) is 2.97. The van der Waals surface area contributed by atoms with Gasteiger partial charge in [0.2, 0.25) is 0 Å². The number of nitrogens with one attached hydrogen (secondary N) is 3. The second kappa shape index (κ2) is 7.27. The molecule has 9 N–H and O–H groups in total. The Morgan fingerprint density at radius 1 is 0.619 bits per heavy atom. The third-order valence-corrected chi connectivity index (χ3v) is 4.33. The van der Waals surface area contributed by atoms with Gasteiger partial charge < -0.3 is 46.6 Å². The Hall–Kier alpha value is -0.360. The molecule has 2 saturated heterocycles. The van der Waals surface area contributed by atoms with Crippen LogP contribution in [-0.4, -0.2) is 106 Å². The van der Waals surface area contributed by atoms with Crippen molar-refractivity contribution in [3.63, 3.8) is 0 Å². The maximum Gasteiger partial charge on any atom is 0.0989 e. The topological polar surface area (TPSA) is 157 Å². The van der Waals surface area contributed by atoms with Crippen molar-refractivity contribution >= 4 is 0 Å². The van der Waals surface area contributed by atoms with Crippen LogP contribution in [0, 0.1) is 0 Å². The zero-order valence-corrected chi connectivity index (χ0v) is 11.6. The molecule has 0 aliphatic carbocycles. The molecular formula is C12H25N3O6. The first-order valence-corrected chi connectivity index (χ1v) is 7.16. The van der Waals surface area contributed by atoms with E-state index in [0.717, 1.165) is 0 Å². The molecule has 0 aromatic rings. The Bertz CT molecular complexity index is 306. The molecular weight excluding hydrogens is 282 g/mol. The maximum absolute atomic E-state index is 9.82. The molecule has 1 unspecified atom stereocenters. The molecule has 0 radical (unpaired) electrons. The minimum Gasteiger partial charge on any atom is -0.395 e. The highest BCUT2D eigenvalue weighted by Crippen LogP contribution is 2.15. The van der Waals surface area contributed by atoms with E-state index in [2.05, 4.69) is 16.0 Å². The molecule has 9 heteroatoms. The first kappa shape index (κ1) is 17.0. The first-order valence-electron chi connectivity index (χ1n) is 7.16. The van der Waals surface area contributed by atoms with E-state index in [1.807, 2.05) is 0 Å². The molecule has 2 rings (SSSR count). The van der Waals surface area contributed by atoms with Crippen molar-refractivity contribution in [3.8, 4) is 0 Å². The summed E-state index contributed by atoms with van der Waals surface area (Å²) in [6.07, 6.45) is -3.99. The molecule has 0 saturated carbocycles. The molecule has 0 bridgehead atoms. The van der Waals surface area contributed by atoms with Crippen LogP contribution in [0.1, 0.15) is 0 Å². The summed E-state index contributed by atoms with van der Waals surface area (Å²) in [6.45, 7) is 0.142. The van der Waals surface area contributed by atoms with Crippen molar-refractivity contribution in [3.05, 3.63) is 0 Å². The third kappa shape index (κ3) is 3.52. The van der Waals surface area contributed by atoms with Crippen LogP contribution in [0.5, 0.6) is 0 Å². The summed E-state index contributed by atoms with van der Waals surface area (Å²) in [7, 11) is 0. The van der Waals surface area contributed by atoms with Gasteiger partial charge in [-0.3, -0.25) is 0 Å². The predicted octanol–water partition coefficient (Wildman–Crippen LogP) is -5.31. The molecule has 21 heavy (non-hydrogen) atoms. The predicted molar refractivity (Wildman–Crippen MR) is 72.5 cm³/mol. The molecule has 124 valence electrons. The number of hydrogen-bond donors (Lipinski definition) is 9. The smallest absolute Gasteiger partial charge is 0.0989 e. The molecule has 2 fully saturated rings. The van der Waals surface area contributed by atoms with Gasteiger partial charge >= 0.3 is 0 Å². The standard InChI is InChI=1S/C12H25N3O6/c16-3-7-11(20)9(18)5(14-7)1-13-2-6-10(19)12(21)8(4-17)15-6/h5-21H,1-4H2/t5-,6-,7-,8?,9-,10-,11-,12-/m1/s1. The average Bonchev–Trinajstić information content (AvgIpc) is 2.91. The monoisotopic (exact) mass is 307 g/mol. The average molecular weight is 307 g/mol. The second-order valence-corrected chi connectivity index (χ2v) is 5.75. The molecule has 0 spiro atoms. The van der Waals surface area contributed by atoms with Crippen LogP contribution in [0.4, 0.5) is 0 Å². The van der Waals surface area contributed by atoms with Gasteiger partial charge in [-0.05, 0) is 0 Å². The molecule has 0 amide bonds. The lowest BCUT2D eigenvalue weighted by atomic mass is 10.1. The van der Waals surface area contributed by atoms with Gasteiger partial charge in [0.1, 0.15) is 0 Å². The Morgan fingerprint density at radius 3 is 1.24 bits per heavy atom. The second-order valence-electron chi connectivity index (χ2n) is 5.75. The quantitative estimate of drug-likeness (QED) is 0.234. The lowest BCUT2D eigenvalue weighted by molar-refractivity contribution is 0.0171. The maximum atomic E-state index is 9.82. The zero-order valence-electron chi connectivity index (χ0n) is 11.6. The SMILES string of the molecule is OCC1N[C@H](CNC[C@H]2N[C@H](CO)[C@@H](O)[C@@H]2O)[C@@H](O)[C@@H]1O. The van der Waals surface area contributed by atoms with Gasteiger partial charge in [0, 0.05) is 25.2 Å². The van der Waals surface area contributed by atoms with E-state index in [-0.39, 0.29) is 13.2 Å². The van der Waals surface area contributed by atoms with Gasteiger partial charge in [0.05, 0.1) is 49.7 Å². The van der Waals surface area contributed by atoms with E-state index in [9.17, 15) is 20.4 Å². The highest BCUT2D eigenvalue weighted by Gasteiger charge is 2.42. The molecule has 9 nitrogen and oxygen atoms in total. The van der Waals surface area contributed by atoms with Crippen LogP contribution >= 0.6 is 0 Å². The van der Waals surface area contributed by atoms with E-state index in [1.165, 1.54) is 0 Å². The summed E-state index contributed by atoms with van der Waals surface area (Å²) in [5.41, 5.74) is 0. The summed E-state index contributed by atoms with van der Waals surface area (Å²) in [5.74, 6) is 0. The number of aliphatic hydroxyl groups is 6. The molecule has 2 heterocycles. The number of aliphatic hydroxyl groups excluding tert-OH is 6. The van der Waals surface area contributed by atoms with Crippen LogP contribution in [0.15, 0.2) is 0 Å². The molecule has 2 aliphatic heterocycles. The van der Waals surface area contributed by atoms with Gasteiger partial charge in [-0.1, -0.05) is 0 Å². The Balaban J connectivity index is 1.75. The van der Waals surface area contributed by atoms with Gasteiger partial charge in [-0.2, -0.15) is 0 Å². The normalized spacial score (nSPS) is 47.1. The molecule has 2 aliphatic rings. The highest BCUT2D eigenvalue weighted by molar-refractivity contribution is 5.01. The zero-order chi connectivity index (χ0) is 15.6. The van der Waals surface area contributed by atoms with Crippen molar-refractivity contribution < 1.29 is 30.6 Å². The van der Waals surface area contributed by atoms with Crippen molar-refractivity contribution in [1.82, 2.24) is 16.0 Å².